The smallest absolute Gasteiger partial charge is 0.251 e. The van der Waals surface area contributed by atoms with Gasteiger partial charge in [0.15, 0.2) is 0 Å². The molecular weight excluding hydrogens is 576 g/mol. The summed E-state index contributed by atoms with van der Waals surface area (Å²) in [5.74, 6) is 2.19. The van der Waals surface area contributed by atoms with Crippen LogP contribution in [0.3, 0.4) is 0 Å². The molecule has 0 unspecified atom stereocenters. The number of aryl methyl sites for hydroxylation is 2. The summed E-state index contributed by atoms with van der Waals surface area (Å²) in [6.07, 6.45) is 0. The van der Waals surface area contributed by atoms with E-state index in [2.05, 4.69) is 82.5 Å². The lowest BCUT2D eigenvalue weighted by Gasteiger charge is -2.19. The third-order valence-corrected chi connectivity index (χ3v) is 7.66. The molecule has 46 heavy (non-hydrogen) atoms. The zero-order valence-electron chi connectivity index (χ0n) is 27.8. The number of hydrogen-bond acceptors (Lipinski definition) is 6. The van der Waals surface area contributed by atoms with Gasteiger partial charge >= 0.3 is 0 Å². The van der Waals surface area contributed by atoms with E-state index in [-0.39, 0.29) is 5.91 Å². The van der Waals surface area contributed by atoms with Gasteiger partial charge in [0, 0.05) is 67.1 Å². The summed E-state index contributed by atoms with van der Waals surface area (Å²) in [4.78, 5) is 14.3. The predicted octanol–water partition coefficient (Wildman–Crippen LogP) is 5.87. The number of rotatable bonds is 10. The summed E-state index contributed by atoms with van der Waals surface area (Å²) in [6, 6.07) is 24.4. The van der Waals surface area contributed by atoms with Crippen molar-refractivity contribution in [2.45, 2.75) is 13.8 Å². The molecule has 0 fully saturated rings. The Bertz CT molecular complexity index is 1870. The van der Waals surface area contributed by atoms with Crippen LogP contribution in [0.15, 0.2) is 90.4 Å². The highest BCUT2D eigenvalue weighted by molar-refractivity contribution is 6.02. The van der Waals surface area contributed by atoms with Crippen molar-refractivity contribution < 1.29 is 18.7 Å². The first-order valence-electron chi connectivity index (χ1n) is 15.3. The van der Waals surface area contributed by atoms with E-state index in [0.29, 0.717) is 31.9 Å². The van der Waals surface area contributed by atoms with Crippen LogP contribution in [0.25, 0.3) is 33.4 Å². The molecule has 2 aliphatic rings. The van der Waals surface area contributed by atoms with Gasteiger partial charge in [0.1, 0.15) is 50.2 Å². The second kappa shape index (κ2) is 15.3. The summed E-state index contributed by atoms with van der Waals surface area (Å²) in [7, 11) is 8.11. The maximum atomic E-state index is 12.2. The molecular formula is C38H45N4O4+. The van der Waals surface area contributed by atoms with Gasteiger partial charge in [-0.3, -0.25) is 4.79 Å². The van der Waals surface area contributed by atoms with Crippen molar-refractivity contribution in [1.82, 2.24) is 9.89 Å². The van der Waals surface area contributed by atoms with E-state index in [9.17, 15) is 4.79 Å². The van der Waals surface area contributed by atoms with Gasteiger partial charge < -0.3 is 29.8 Å². The van der Waals surface area contributed by atoms with Crippen molar-refractivity contribution in [2.24, 2.45) is 5.73 Å². The molecule has 1 aliphatic carbocycles. The normalized spacial score (nSPS) is 10.7. The average molecular weight is 622 g/mol. The number of fused-ring (bicyclic) bond motifs is 2. The van der Waals surface area contributed by atoms with E-state index in [4.69, 9.17) is 19.6 Å². The van der Waals surface area contributed by atoms with E-state index in [1.165, 1.54) is 0 Å². The van der Waals surface area contributed by atoms with Gasteiger partial charge in [0.25, 0.3) is 5.91 Å². The highest BCUT2D eigenvalue weighted by Crippen LogP contribution is 2.42. The van der Waals surface area contributed by atoms with Crippen molar-refractivity contribution in [3.8, 4) is 33.9 Å². The Hall–Kier alpha value is -5.08. The van der Waals surface area contributed by atoms with Gasteiger partial charge in [-0.2, -0.15) is 0 Å². The first kappa shape index (κ1) is 33.8. The third-order valence-electron chi connectivity index (χ3n) is 7.66. The fraction of sp³-hybridized carbons (Fsp3) is 0.263. The monoisotopic (exact) mass is 621 g/mol. The Balaban J connectivity index is 0.00000235. The van der Waals surface area contributed by atoms with E-state index in [0.717, 1.165) is 67.1 Å². The molecule has 0 atom stereocenters. The molecule has 5 rings (SSSR count). The topological polar surface area (TPSA) is 93.0 Å². The molecule has 1 heterocycles. The summed E-state index contributed by atoms with van der Waals surface area (Å²) in [5, 5.41) is 4.90. The van der Waals surface area contributed by atoms with Crippen LogP contribution < -0.4 is 35.4 Å². The van der Waals surface area contributed by atoms with Gasteiger partial charge in [-0.25, -0.2) is 4.58 Å². The summed E-state index contributed by atoms with van der Waals surface area (Å²) < 4.78 is 20.8. The molecule has 0 bridgehead atoms. The van der Waals surface area contributed by atoms with Gasteiger partial charge in [-0.1, -0.05) is 12.1 Å². The molecule has 8 nitrogen and oxygen atoms in total. The average Bonchev–Trinajstić information content (AvgIpc) is 3.06. The van der Waals surface area contributed by atoms with Gasteiger partial charge in [-0.05, 0) is 73.0 Å². The number of carbonyl (C=O) groups excluding carboxylic acids is 1. The number of nitrogens with zero attached hydrogens (tertiary/aromatic N) is 2. The molecule has 8 heteroatoms. The highest BCUT2D eigenvalue weighted by atomic mass is 16.5. The number of benzene rings is 4. The van der Waals surface area contributed by atoms with Crippen LogP contribution in [0.1, 0.15) is 21.5 Å². The van der Waals surface area contributed by atoms with Crippen LogP contribution in [-0.2, 0) is 0 Å². The minimum absolute atomic E-state index is 0.146. The van der Waals surface area contributed by atoms with Crippen LogP contribution in [0.4, 0.5) is 5.69 Å². The Morgan fingerprint density at radius 1 is 0.891 bits per heavy atom. The molecule has 0 saturated carbocycles. The zero-order chi connectivity index (χ0) is 33.4. The van der Waals surface area contributed by atoms with E-state index in [1.54, 1.807) is 6.07 Å². The molecule has 3 N–H and O–H groups in total. The molecule has 0 radical (unpaired) electrons. The fourth-order valence-corrected chi connectivity index (χ4v) is 5.19. The molecule has 1 amide bonds. The molecule has 0 saturated heterocycles. The van der Waals surface area contributed by atoms with Crippen LogP contribution in [-0.4, -0.2) is 60.4 Å². The SMILES string of the molecule is C=C.Cc1cc(C(=O)NCCN)ccc1OCCOc1cc(-c2c3ccc(=[N+](C)C)cc-3oc3cc(N(C)C)ccc23)ccc1C. The minimum atomic E-state index is -0.146. The molecule has 240 valence electrons. The van der Waals surface area contributed by atoms with Crippen molar-refractivity contribution in [3.63, 3.8) is 0 Å². The van der Waals surface area contributed by atoms with Crippen LogP contribution in [0.5, 0.6) is 11.5 Å². The maximum absolute atomic E-state index is 12.2. The number of nitrogens with one attached hydrogen (secondary N) is 1. The Kier molecular flexibility index (Phi) is 11.2. The number of ether oxygens (including phenoxy) is 2. The first-order valence-corrected chi connectivity index (χ1v) is 15.3. The van der Waals surface area contributed by atoms with Gasteiger partial charge in [0.2, 0.25) is 5.36 Å². The largest absolute Gasteiger partial charge is 0.490 e. The minimum Gasteiger partial charge on any atom is -0.490 e. The van der Waals surface area contributed by atoms with Crippen LogP contribution >= 0.6 is 0 Å². The second-order valence-corrected chi connectivity index (χ2v) is 11.3. The van der Waals surface area contributed by atoms with Gasteiger partial charge in [-0.15, -0.1) is 13.2 Å². The number of carbonyl (C=O) groups is 1. The van der Waals surface area contributed by atoms with E-state index >= 15 is 0 Å². The van der Waals surface area contributed by atoms with E-state index in [1.807, 2.05) is 54.2 Å². The molecule has 1 aliphatic heterocycles. The lowest BCUT2D eigenvalue weighted by atomic mass is 9.93. The highest BCUT2D eigenvalue weighted by Gasteiger charge is 2.19. The molecule has 3 aromatic carbocycles. The summed E-state index contributed by atoms with van der Waals surface area (Å²) >= 11 is 0. The predicted molar refractivity (Wildman–Crippen MR) is 189 cm³/mol. The van der Waals surface area contributed by atoms with Gasteiger partial charge in [0.05, 0.1) is 6.07 Å². The summed E-state index contributed by atoms with van der Waals surface area (Å²) in [5.41, 5.74) is 13.1. The number of nitrogens with two attached hydrogens (primary N) is 1. The van der Waals surface area contributed by atoms with Crippen LogP contribution in [0, 0.1) is 13.8 Å². The number of amides is 1. The quantitative estimate of drug-likeness (QED) is 0.0878. The maximum Gasteiger partial charge on any atom is 0.251 e. The van der Waals surface area contributed by atoms with E-state index < -0.39 is 0 Å². The third kappa shape index (κ3) is 7.58. The molecule has 3 aromatic rings. The summed E-state index contributed by atoms with van der Waals surface area (Å²) in [6.45, 7) is 11.5. The van der Waals surface area contributed by atoms with Crippen molar-refractivity contribution in [3.05, 3.63) is 108 Å². The van der Waals surface area contributed by atoms with Crippen LogP contribution in [0.2, 0.25) is 0 Å². The Morgan fingerprint density at radius 2 is 1.63 bits per heavy atom. The lowest BCUT2D eigenvalue weighted by molar-refractivity contribution is 0.0954. The first-order chi connectivity index (χ1) is 22.2. The lowest BCUT2D eigenvalue weighted by Crippen LogP contribution is -2.29. The molecule has 0 spiro atoms. The number of anilines is 1. The van der Waals surface area contributed by atoms with Crippen molar-refractivity contribution >= 4 is 22.6 Å². The number of hydrogen-bond donors (Lipinski definition) is 2. The Morgan fingerprint density at radius 3 is 2.30 bits per heavy atom. The Labute approximate surface area is 271 Å². The van der Waals surface area contributed by atoms with Crippen molar-refractivity contribution in [1.29, 1.82) is 0 Å². The van der Waals surface area contributed by atoms with Crippen molar-refractivity contribution in [2.75, 3.05) is 59.4 Å². The zero-order valence-corrected chi connectivity index (χ0v) is 27.8. The second-order valence-electron chi connectivity index (χ2n) is 11.3. The molecule has 0 aromatic heterocycles. The fourth-order valence-electron chi connectivity index (χ4n) is 5.19. The standard InChI is InChI=1S/C36H40N4O4.C2H4/c1-23-7-8-25(20-32(23)43-18-17-42-31-14-9-26(19-24(31)2)36(41)38-16-15-37)35-29-12-10-27(39(3)4)21-33(29)44-34-22-28(40(5)6)11-13-30(34)35;1-2/h7-14,19-22H,15-18,37H2,1-6H3;1-2H2/p+1.